The van der Waals surface area contributed by atoms with E-state index in [4.69, 9.17) is 0 Å². The number of thioether (sulfide) groups is 4. The summed E-state index contributed by atoms with van der Waals surface area (Å²) in [4.78, 5) is 0. The zero-order chi connectivity index (χ0) is 29.9. The maximum absolute atomic E-state index is 2.44. The van der Waals surface area contributed by atoms with Gasteiger partial charge in [0.2, 0.25) is 0 Å². The van der Waals surface area contributed by atoms with E-state index in [-0.39, 0.29) is 0 Å². The molecule has 238 valence electrons. The molecule has 0 amide bonds. The maximum atomic E-state index is 2.44. The van der Waals surface area contributed by atoms with E-state index in [1.54, 1.807) is 0 Å². The molecule has 0 aromatic carbocycles. The molecule has 39 heavy (non-hydrogen) atoms. The lowest BCUT2D eigenvalue weighted by Gasteiger charge is -2.26. The Kier molecular flexibility index (Phi) is 30.7. The van der Waals surface area contributed by atoms with Crippen molar-refractivity contribution >= 4 is 47.0 Å². The van der Waals surface area contributed by atoms with E-state index in [1.807, 2.05) is 0 Å². The summed E-state index contributed by atoms with van der Waals surface area (Å²) >= 11 is 8.63. The van der Waals surface area contributed by atoms with Crippen molar-refractivity contribution in [3.05, 3.63) is 0 Å². The van der Waals surface area contributed by atoms with Crippen LogP contribution < -0.4 is 0 Å². The molecule has 0 rings (SSSR count). The molecule has 0 aliphatic rings. The maximum Gasteiger partial charge on any atom is 0.00235 e. The van der Waals surface area contributed by atoms with Crippen molar-refractivity contribution in [2.45, 2.75) is 159 Å². The van der Waals surface area contributed by atoms with Gasteiger partial charge in [-0.2, -0.15) is 47.0 Å². The third kappa shape index (κ3) is 28.0. The molecule has 0 spiro atoms. The van der Waals surface area contributed by atoms with Crippen molar-refractivity contribution in [1.82, 2.24) is 0 Å². The molecule has 0 saturated carbocycles. The van der Waals surface area contributed by atoms with Crippen LogP contribution in [-0.2, 0) is 0 Å². The van der Waals surface area contributed by atoms with Gasteiger partial charge in [-0.25, -0.2) is 0 Å². The van der Waals surface area contributed by atoms with Crippen LogP contribution in [0.25, 0.3) is 0 Å². The summed E-state index contributed by atoms with van der Waals surface area (Å²) in [7, 11) is 0. The third-order valence-electron chi connectivity index (χ3n) is 9.38. The van der Waals surface area contributed by atoms with Gasteiger partial charge in [-0.3, -0.25) is 0 Å². The van der Waals surface area contributed by atoms with Gasteiger partial charge in [-0.05, 0) is 64.9 Å². The molecule has 0 aromatic heterocycles. The Morgan fingerprint density at radius 1 is 0.359 bits per heavy atom. The minimum absolute atomic E-state index is 0.554. The molecule has 0 nitrogen and oxygen atoms in total. The molecule has 0 unspecified atom stereocenters. The van der Waals surface area contributed by atoms with Gasteiger partial charge in [0.1, 0.15) is 0 Å². The highest BCUT2D eigenvalue weighted by molar-refractivity contribution is 8.03. The van der Waals surface area contributed by atoms with Crippen LogP contribution in [0.5, 0.6) is 0 Å². The molecule has 0 fully saturated rings. The average molecular weight is 623 g/mol. The standard InChI is InChI=1S/C18H38S2.C17H36S2/c1-7-17(5,8-2)11-13-19-15-16-20-14-12-18(6,9-3)10-4;1-5-7-8-9-10-11-13-18-15-16-19-14-12-17(3,4)6-2/h7-16H2,1-6H3;5-16H2,1-4H3. The van der Waals surface area contributed by atoms with Crippen LogP contribution in [-0.4, -0.2) is 46.0 Å². The minimum Gasteiger partial charge on any atom is -0.161 e. The van der Waals surface area contributed by atoms with Crippen molar-refractivity contribution in [2.24, 2.45) is 16.2 Å². The van der Waals surface area contributed by atoms with Gasteiger partial charge >= 0.3 is 0 Å². The SMILES string of the molecule is CCC(C)(CC)CCSCCSCCC(C)(CC)CC.CCCCCCCCSCCSCCC(C)(C)CC. The van der Waals surface area contributed by atoms with Crippen molar-refractivity contribution < 1.29 is 0 Å². The largest absolute Gasteiger partial charge is 0.161 e. The molecule has 0 aromatic rings. The zero-order valence-electron chi connectivity index (χ0n) is 28.7. The number of unbranched alkanes of at least 4 members (excludes halogenated alkanes) is 5. The second-order valence-corrected chi connectivity index (χ2v) is 17.9. The predicted octanol–water partition coefficient (Wildman–Crippen LogP) is 13.5. The summed E-state index contributed by atoms with van der Waals surface area (Å²) in [6.07, 6.45) is 19.3. The van der Waals surface area contributed by atoms with Gasteiger partial charge in [0.25, 0.3) is 0 Å². The normalized spacial score (nSPS) is 12.5. The summed E-state index contributed by atoms with van der Waals surface area (Å²) in [6, 6.07) is 0. The van der Waals surface area contributed by atoms with E-state index in [0.29, 0.717) is 16.2 Å². The van der Waals surface area contributed by atoms with Crippen LogP contribution in [0.3, 0.4) is 0 Å². The highest BCUT2D eigenvalue weighted by Crippen LogP contribution is 2.32. The minimum atomic E-state index is 0.554. The van der Waals surface area contributed by atoms with E-state index in [1.165, 1.54) is 136 Å². The number of hydrogen-bond donors (Lipinski definition) is 0. The summed E-state index contributed by atoms with van der Waals surface area (Å²) < 4.78 is 0. The first kappa shape index (κ1) is 42.5. The molecular formula is C35H74S4. The number of hydrogen-bond acceptors (Lipinski definition) is 4. The Labute approximate surface area is 267 Å². The van der Waals surface area contributed by atoms with Gasteiger partial charge in [0.05, 0.1) is 0 Å². The molecule has 0 N–H and O–H groups in total. The quantitative estimate of drug-likeness (QED) is 0.0835. The van der Waals surface area contributed by atoms with Crippen molar-refractivity contribution in [3.63, 3.8) is 0 Å². The lowest BCUT2D eigenvalue weighted by atomic mass is 9.82. The molecule has 0 aliphatic carbocycles. The van der Waals surface area contributed by atoms with E-state index in [9.17, 15) is 0 Å². The van der Waals surface area contributed by atoms with Gasteiger partial charge in [-0.15, -0.1) is 0 Å². The first-order chi connectivity index (χ1) is 18.6. The second kappa shape index (κ2) is 28.2. The van der Waals surface area contributed by atoms with Crippen molar-refractivity contribution in [2.75, 3.05) is 46.0 Å². The van der Waals surface area contributed by atoms with Crippen LogP contribution in [0.15, 0.2) is 0 Å². The molecule has 0 atom stereocenters. The third-order valence-corrected chi connectivity index (χ3v) is 13.9. The zero-order valence-corrected chi connectivity index (χ0v) is 32.0. The van der Waals surface area contributed by atoms with Crippen LogP contribution >= 0.6 is 47.0 Å². The fourth-order valence-corrected chi connectivity index (χ4v) is 9.08. The van der Waals surface area contributed by atoms with Crippen molar-refractivity contribution in [1.29, 1.82) is 0 Å². The first-order valence-corrected chi connectivity index (χ1v) is 21.5. The van der Waals surface area contributed by atoms with E-state index >= 15 is 0 Å². The molecular weight excluding hydrogens is 549 g/mol. The molecule has 0 saturated heterocycles. The Balaban J connectivity index is 0. The fourth-order valence-electron chi connectivity index (χ4n) is 4.00. The van der Waals surface area contributed by atoms with Crippen LogP contribution in [0.2, 0.25) is 0 Å². The second-order valence-electron chi connectivity index (χ2n) is 13.0. The Morgan fingerprint density at radius 3 is 1.10 bits per heavy atom. The molecule has 0 bridgehead atoms. The van der Waals surface area contributed by atoms with Gasteiger partial charge in [-0.1, -0.05) is 133 Å². The smallest absolute Gasteiger partial charge is 0.00235 e. The van der Waals surface area contributed by atoms with Crippen molar-refractivity contribution in [3.8, 4) is 0 Å². The van der Waals surface area contributed by atoms with Crippen LogP contribution in [0, 0.1) is 16.2 Å². The predicted molar refractivity (Wildman–Crippen MR) is 198 cm³/mol. The van der Waals surface area contributed by atoms with E-state index < -0.39 is 0 Å². The highest BCUT2D eigenvalue weighted by Gasteiger charge is 2.19. The highest BCUT2D eigenvalue weighted by atomic mass is 32.2. The summed E-state index contributed by atoms with van der Waals surface area (Å²) in [5.41, 5.74) is 1.73. The molecule has 4 heteroatoms. The Bertz CT molecular complexity index is 459. The summed E-state index contributed by atoms with van der Waals surface area (Å²) in [5.74, 6) is 10.8. The lowest BCUT2D eigenvalue weighted by molar-refractivity contribution is 0.289. The Hall–Kier alpha value is 1.40. The average Bonchev–Trinajstić information content (AvgIpc) is 2.95. The van der Waals surface area contributed by atoms with Gasteiger partial charge < -0.3 is 0 Å². The van der Waals surface area contributed by atoms with Crippen LogP contribution in [0.4, 0.5) is 0 Å². The van der Waals surface area contributed by atoms with Crippen LogP contribution in [0.1, 0.15) is 159 Å². The summed E-state index contributed by atoms with van der Waals surface area (Å²) in [6.45, 7) is 23.6. The van der Waals surface area contributed by atoms with Gasteiger partial charge in [0.15, 0.2) is 0 Å². The van der Waals surface area contributed by atoms with Gasteiger partial charge in [0, 0.05) is 23.0 Å². The number of rotatable bonds is 27. The Morgan fingerprint density at radius 2 is 0.718 bits per heavy atom. The van der Waals surface area contributed by atoms with E-state index in [2.05, 4.69) is 116 Å². The first-order valence-electron chi connectivity index (χ1n) is 16.9. The molecule has 0 aliphatic heterocycles. The molecule has 0 radical (unpaired) electrons. The lowest BCUT2D eigenvalue weighted by Crippen LogP contribution is -2.15. The monoisotopic (exact) mass is 622 g/mol. The summed E-state index contributed by atoms with van der Waals surface area (Å²) in [5, 5.41) is 0. The topological polar surface area (TPSA) is 0 Å². The fraction of sp³-hybridized carbons (Fsp3) is 1.00. The molecule has 0 heterocycles. The van der Waals surface area contributed by atoms with E-state index in [0.717, 1.165) is 0 Å².